The molecule has 1 saturated heterocycles. The van der Waals surface area contributed by atoms with E-state index in [9.17, 15) is 0 Å². The lowest BCUT2D eigenvalue weighted by Gasteiger charge is -2.25. The Bertz CT molecular complexity index is 201. The maximum Gasteiger partial charge on any atom is 0.136 e. The van der Waals surface area contributed by atoms with Crippen molar-refractivity contribution in [2.75, 3.05) is 0 Å². The number of hydrogen-bond acceptors (Lipinski definition) is 2. The topological polar surface area (TPSA) is 24.6 Å². The molecule has 1 heterocycles. The molecule has 0 aliphatic carbocycles. The highest BCUT2D eigenvalue weighted by atomic mass is 16.6. The Labute approximate surface area is 101 Å². The predicted molar refractivity (Wildman–Crippen MR) is 69.5 cm³/mol. The van der Waals surface area contributed by atoms with E-state index in [2.05, 4.69) is 39.9 Å². The molecule has 1 rings (SSSR count). The van der Waals surface area contributed by atoms with E-state index in [0.717, 1.165) is 0 Å². The molecule has 0 spiro atoms. The summed E-state index contributed by atoms with van der Waals surface area (Å²) in [4.78, 5) is 0. The third-order valence-electron chi connectivity index (χ3n) is 4.32. The summed E-state index contributed by atoms with van der Waals surface area (Å²) in [5.74, 6) is 0. The zero-order chi connectivity index (χ0) is 12.2. The minimum Gasteiger partial charge on any atom is -0.353 e. The van der Waals surface area contributed by atoms with Crippen molar-refractivity contribution in [3.05, 3.63) is 0 Å². The third-order valence-corrected chi connectivity index (χ3v) is 4.32. The van der Waals surface area contributed by atoms with Gasteiger partial charge in [0.05, 0.1) is 0 Å². The first-order chi connectivity index (χ1) is 7.61. The second-order valence-corrected chi connectivity index (χ2v) is 5.40. The molecule has 3 atom stereocenters. The average Bonchev–Trinajstić information content (AvgIpc) is 3.07. The minimum absolute atomic E-state index is 0.321. The van der Waals surface area contributed by atoms with Crippen molar-refractivity contribution in [2.24, 2.45) is 5.41 Å². The van der Waals surface area contributed by atoms with E-state index in [1.807, 2.05) is 0 Å². The fourth-order valence-electron chi connectivity index (χ4n) is 2.41. The molecule has 1 aliphatic rings. The molecule has 0 aromatic rings. The molecule has 16 heavy (non-hydrogen) atoms. The second-order valence-electron chi connectivity index (χ2n) is 5.40. The Hall–Kier alpha value is -0.0800. The molecular formula is C14H29NO. The van der Waals surface area contributed by atoms with E-state index in [4.69, 9.17) is 4.74 Å². The van der Waals surface area contributed by atoms with Crippen LogP contribution in [0.2, 0.25) is 0 Å². The molecular weight excluding hydrogens is 198 g/mol. The van der Waals surface area contributed by atoms with Gasteiger partial charge in [-0.1, -0.05) is 41.0 Å². The lowest BCUT2D eigenvalue weighted by atomic mass is 9.81. The fraction of sp³-hybridized carbons (Fsp3) is 1.00. The Kier molecular flexibility index (Phi) is 5.26. The Morgan fingerprint density at radius 1 is 1.19 bits per heavy atom. The first kappa shape index (κ1) is 14.0. The fourth-order valence-corrected chi connectivity index (χ4v) is 2.41. The smallest absolute Gasteiger partial charge is 0.136 e. The van der Waals surface area contributed by atoms with Crippen LogP contribution in [-0.4, -0.2) is 18.4 Å². The van der Waals surface area contributed by atoms with Crippen LogP contribution in [0.1, 0.15) is 66.7 Å². The standard InChI is InChI=1S/C14H29NO/c1-6-10-11(7-2)15-13-12(16-13)14(5,8-3)9-4/h11-13,15H,6-10H2,1-5H3. The van der Waals surface area contributed by atoms with Gasteiger partial charge in [0.2, 0.25) is 0 Å². The van der Waals surface area contributed by atoms with Gasteiger partial charge in [-0.15, -0.1) is 0 Å². The first-order valence-electron chi connectivity index (χ1n) is 7.02. The van der Waals surface area contributed by atoms with Crippen LogP contribution in [0.4, 0.5) is 0 Å². The van der Waals surface area contributed by atoms with Crippen molar-refractivity contribution in [3.8, 4) is 0 Å². The van der Waals surface area contributed by atoms with Crippen molar-refractivity contribution in [2.45, 2.75) is 85.1 Å². The van der Waals surface area contributed by atoms with E-state index >= 15 is 0 Å². The van der Waals surface area contributed by atoms with Crippen LogP contribution in [0.3, 0.4) is 0 Å². The van der Waals surface area contributed by atoms with Crippen LogP contribution < -0.4 is 5.32 Å². The van der Waals surface area contributed by atoms with E-state index in [1.54, 1.807) is 0 Å². The number of ether oxygens (including phenoxy) is 1. The molecule has 0 aromatic heterocycles. The molecule has 0 bridgehead atoms. The van der Waals surface area contributed by atoms with Gasteiger partial charge in [-0.25, -0.2) is 0 Å². The third kappa shape index (κ3) is 3.21. The van der Waals surface area contributed by atoms with Crippen LogP contribution >= 0.6 is 0 Å². The maximum absolute atomic E-state index is 5.83. The summed E-state index contributed by atoms with van der Waals surface area (Å²) < 4.78 is 5.83. The van der Waals surface area contributed by atoms with Crippen LogP contribution in [0.25, 0.3) is 0 Å². The van der Waals surface area contributed by atoms with Gasteiger partial charge >= 0.3 is 0 Å². The van der Waals surface area contributed by atoms with E-state index in [-0.39, 0.29) is 0 Å². The molecule has 2 heteroatoms. The second kappa shape index (κ2) is 6.02. The zero-order valence-electron chi connectivity index (χ0n) is 11.7. The van der Waals surface area contributed by atoms with Gasteiger partial charge in [-0.3, -0.25) is 5.32 Å². The van der Waals surface area contributed by atoms with Gasteiger partial charge in [-0.2, -0.15) is 0 Å². The van der Waals surface area contributed by atoms with Crippen molar-refractivity contribution >= 4 is 0 Å². The Morgan fingerprint density at radius 3 is 2.25 bits per heavy atom. The van der Waals surface area contributed by atoms with Crippen molar-refractivity contribution in [1.29, 1.82) is 0 Å². The van der Waals surface area contributed by atoms with E-state index in [0.29, 0.717) is 23.8 Å². The molecule has 0 aromatic carbocycles. The van der Waals surface area contributed by atoms with Crippen molar-refractivity contribution in [1.82, 2.24) is 5.32 Å². The SMILES string of the molecule is CCCC(CC)NC1OC1C(C)(CC)CC. The summed E-state index contributed by atoms with van der Waals surface area (Å²) in [6.07, 6.45) is 6.89. The molecule has 0 radical (unpaired) electrons. The number of nitrogens with one attached hydrogen (secondary N) is 1. The molecule has 96 valence electrons. The molecule has 3 unspecified atom stereocenters. The largest absolute Gasteiger partial charge is 0.353 e. The van der Waals surface area contributed by atoms with Crippen LogP contribution in [0.5, 0.6) is 0 Å². The molecule has 0 saturated carbocycles. The summed E-state index contributed by atoms with van der Waals surface area (Å²) in [6, 6.07) is 0.637. The van der Waals surface area contributed by atoms with E-state index < -0.39 is 0 Å². The van der Waals surface area contributed by atoms with Crippen molar-refractivity contribution in [3.63, 3.8) is 0 Å². The number of epoxide rings is 1. The summed E-state index contributed by atoms with van der Waals surface area (Å²) in [5.41, 5.74) is 0.363. The normalized spacial score (nSPS) is 26.8. The van der Waals surface area contributed by atoms with Gasteiger partial charge in [0.1, 0.15) is 12.3 Å². The quantitative estimate of drug-likeness (QED) is 0.639. The highest BCUT2D eigenvalue weighted by molar-refractivity contribution is 4.96. The Morgan fingerprint density at radius 2 is 1.81 bits per heavy atom. The van der Waals surface area contributed by atoms with Crippen LogP contribution in [0, 0.1) is 5.41 Å². The molecule has 1 fully saturated rings. The van der Waals surface area contributed by atoms with Crippen molar-refractivity contribution < 1.29 is 4.74 Å². The predicted octanol–water partition coefficient (Wildman–Crippen LogP) is 3.71. The molecule has 2 nitrogen and oxygen atoms in total. The lowest BCUT2D eigenvalue weighted by molar-refractivity contribution is 0.201. The highest BCUT2D eigenvalue weighted by Crippen LogP contribution is 2.42. The van der Waals surface area contributed by atoms with Gasteiger partial charge in [0.15, 0.2) is 0 Å². The summed E-state index contributed by atoms with van der Waals surface area (Å²) in [5, 5.41) is 3.64. The van der Waals surface area contributed by atoms with Crippen LogP contribution in [0.15, 0.2) is 0 Å². The van der Waals surface area contributed by atoms with E-state index in [1.165, 1.54) is 32.1 Å². The average molecular weight is 227 g/mol. The van der Waals surface area contributed by atoms with Gasteiger partial charge in [-0.05, 0) is 31.1 Å². The monoisotopic (exact) mass is 227 g/mol. The Balaban J connectivity index is 2.38. The highest BCUT2D eigenvalue weighted by Gasteiger charge is 2.50. The van der Waals surface area contributed by atoms with Gasteiger partial charge in [0, 0.05) is 6.04 Å². The number of rotatable bonds is 8. The number of hydrogen-bond donors (Lipinski definition) is 1. The lowest BCUT2D eigenvalue weighted by Crippen LogP contribution is -2.35. The molecule has 0 amide bonds. The first-order valence-corrected chi connectivity index (χ1v) is 7.02. The summed E-state index contributed by atoms with van der Waals surface area (Å²) in [6.45, 7) is 11.4. The van der Waals surface area contributed by atoms with Gasteiger partial charge in [0.25, 0.3) is 0 Å². The zero-order valence-corrected chi connectivity index (χ0v) is 11.7. The summed E-state index contributed by atoms with van der Waals surface area (Å²) >= 11 is 0. The van der Waals surface area contributed by atoms with Crippen LogP contribution in [-0.2, 0) is 4.74 Å². The van der Waals surface area contributed by atoms with Gasteiger partial charge < -0.3 is 4.74 Å². The maximum atomic E-state index is 5.83. The molecule has 1 N–H and O–H groups in total. The minimum atomic E-state index is 0.321. The summed E-state index contributed by atoms with van der Waals surface area (Å²) in [7, 11) is 0. The molecule has 1 aliphatic heterocycles.